The van der Waals surface area contributed by atoms with Crippen LogP contribution in [0, 0.1) is 5.92 Å². The molecule has 0 aromatic carbocycles. The van der Waals surface area contributed by atoms with Crippen molar-refractivity contribution in [1.29, 1.82) is 0 Å². The van der Waals surface area contributed by atoms with E-state index in [1.807, 2.05) is 27.7 Å². The van der Waals surface area contributed by atoms with Gasteiger partial charge in [-0.3, -0.25) is 0 Å². The molecule has 1 aliphatic heterocycles. The van der Waals surface area contributed by atoms with Gasteiger partial charge in [-0.25, -0.2) is 9.67 Å². The Morgan fingerprint density at radius 2 is 2.00 bits per heavy atom. The van der Waals surface area contributed by atoms with Crippen molar-refractivity contribution in [1.82, 2.24) is 24.5 Å². The summed E-state index contributed by atoms with van der Waals surface area (Å²) in [5.41, 5.74) is 0.555. The molecule has 1 saturated carbocycles. The van der Waals surface area contributed by atoms with Gasteiger partial charge in [0, 0.05) is 39.3 Å². The number of aromatic nitrogens is 5. The van der Waals surface area contributed by atoms with Crippen molar-refractivity contribution in [2.75, 3.05) is 37.9 Å². The van der Waals surface area contributed by atoms with Crippen LogP contribution in [0.3, 0.4) is 0 Å². The zero-order valence-electron chi connectivity index (χ0n) is 23.1. The molecular formula is C27H42N6O4Si. The predicted molar refractivity (Wildman–Crippen MR) is 149 cm³/mol. The van der Waals surface area contributed by atoms with Gasteiger partial charge in [0.2, 0.25) is 0 Å². The Bertz CT molecular complexity index is 1230. The molecular weight excluding hydrogens is 500 g/mol. The summed E-state index contributed by atoms with van der Waals surface area (Å²) in [4.78, 5) is 7.35. The number of hydrogen-bond acceptors (Lipinski definition) is 8. The highest BCUT2D eigenvalue weighted by Crippen LogP contribution is 2.43. The minimum absolute atomic E-state index is 0.167. The lowest BCUT2D eigenvalue weighted by Crippen LogP contribution is -2.44. The van der Waals surface area contributed by atoms with Gasteiger partial charge in [-0.05, 0) is 56.2 Å². The van der Waals surface area contributed by atoms with E-state index in [9.17, 15) is 10.2 Å². The van der Waals surface area contributed by atoms with E-state index in [-0.39, 0.29) is 18.6 Å². The van der Waals surface area contributed by atoms with Crippen LogP contribution < -0.4 is 4.90 Å². The summed E-state index contributed by atoms with van der Waals surface area (Å²) in [5, 5.41) is 31.7. The molecule has 3 aromatic heterocycles. The highest BCUT2D eigenvalue weighted by atomic mass is 28.3. The van der Waals surface area contributed by atoms with E-state index in [2.05, 4.69) is 36.6 Å². The molecule has 0 bridgehead atoms. The maximum Gasteiger partial charge on any atom is 0.167 e. The van der Waals surface area contributed by atoms with Gasteiger partial charge in [0.15, 0.2) is 11.5 Å². The number of hydrogen-bond donors (Lipinski definition) is 2. The number of pyridine rings is 1. The molecule has 38 heavy (non-hydrogen) atoms. The average molecular weight is 543 g/mol. The van der Waals surface area contributed by atoms with Gasteiger partial charge in [-0.2, -0.15) is 14.9 Å². The molecule has 5 rings (SSSR count). The SMILES string of the molecule is C[C@@H]1COCCN1c1cc(C2(O)CCC(CO)CC2)c2cnn(-c3ccnn3COCC[Si](C)(C)C)c2n1. The van der Waals surface area contributed by atoms with E-state index < -0.39 is 13.7 Å². The Kier molecular flexibility index (Phi) is 7.93. The predicted octanol–water partition coefficient (Wildman–Crippen LogP) is 3.52. The first kappa shape index (κ1) is 27.3. The smallest absolute Gasteiger partial charge is 0.167 e. The van der Waals surface area contributed by atoms with E-state index in [1.165, 1.54) is 0 Å². The summed E-state index contributed by atoms with van der Waals surface area (Å²) in [5.74, 6) is 1.83. The van der Waals surface area contributed by atoms with Crippen LogP contribution in [0.25, 0.3) is 16.9 Å². The second kappa shape index (κ2) is 11.0. The first-order valence-electron chi connectivity index (χ1n) is 13.9. The molecule has 0 amide bonds. The third-order valence-corrected chi connectivity index (χ3v) is 9.71. The van der Waals surface area contributed by atoms with E-state index in [1.54, 1.807) is 6.20 Å². The molecule has 0 unspecified atom stereocenters. The Morgan fingerprint density at radius 3 is 2.71 bits per heavy atom. The quantitative estimate of drug-likeness (QED) is 0.312. The normalized spacial score (nSPS) is 24.8. The Hall–Kier alpha value is -2.31. The number of aliphatic hydroxyl groups excluding tert-OH is 1. The van der Waals surface area contributed by atoms with Crippen LogP contribution in [0.5, 0.6) is 0 Å². The lowest BCUT2D eigenvalue weighted by atomic mass is 9.75. The Balaban J connectivity index is 1.53. The van der Waals surface area contributed by atoms with Crippen LogP contribution in [-0.4, -0.2) is 81.8 Å². The largest absolute Gasteiger partial charge is 0.396 e. The van der Waals surface area contributed by atoms with Crippen molar-refractivity contribution in [3.8, 4) is 5.82 Å². The van der Waals surface area contributed by atoms with Crippen LogP contribution in [-0.2, 0) is 21.8 Å². The number of nitrogens with zero attached hydrogens (tertiary/aromatic N) is 6. The van der Waals surface area contributed by atoms with Crippen LogP contribution in [0.2, 0.25) is 25.7 Å². The lowest BCUT2D eigenvalue weighted by Gasteiger charge is -2.38. The summed E-state index contributed by atoms with van der Waals surface area (Å²) in [6.07, 6.45) is 6.34. The fourth-order valence-electron chi connectivity index (χ4n) is 5.50. The summed E-state index contributed by atoms with van der Waals surface area (Å²) in [6, 6.07) is 5.23. The zero-order chi connectivity index (χ0) is 26.9. The van der Waals surface area contributed by atoms with Crippen molar-refractivity contribution in [2.45, 2.75) is 76.7 Å². The second-order valence-corrected chi connectivity index (χ2v) is 17.8. The van der Waals surface area contributed by atoms with E-state index in [4.69, 9.17) is 19.6 Å². The molecule has 10 nitrogen and oxygen atoms in total. The molecule has 0 spiro atoms. The number of morpholine rings is 1. The molecule has 1 saturated heterocycles. The van der Waals surface area contributed by atoms with Crippen molar-refractivity contribution >= 4 is 24.9 Å². The second-order valence-electron chi connectivity index (χ2n) is 12.1. The first-order chi connectivity index (χ1) is 18.2. The third-order valence-electron chi connectivity index (χ3n) is 8.00. The fraction of sp³-hybridized carbons (Fsp3) is 0.667. The van der Waals surface area contributed by atoms with Gasteiger partial charge < -0.3 is 24.6 Å². The molecule has 4 heterocycles. The van der Waals surface area contributed by atoms with Gasteiger partial charge in [0.05, 0.1) is 37.3 Å². The molecule has 1 aliphatic carbocycles. The van der Waals surface area contributed by atoms with Gasteiger partial charge in [-0.1, -0.05) is 19.6 Å². The van der Waals surface area contributed by atoms with Gasteiger partial charge in [0.25, 0.3) is 0 Å². The molecule has 3 aromatic rings. The van der Waals surface area contributed by atoms with E-state index >= 15 is 0 Å². The third kappa shape index (κ3) is 5.67. The van der Waals surface area contributed by atoms with Crippen LogP contribution in [0.4, 0.5) is 5.82 Å². The highest BCUT2D eigenvalue weighted by Gasteiger charge is 2.38. The summed E-state index contributed by atoms with van der Waals surface area (Å²) >= 11 is 0. The van der Waals surface area contributed by atoms with Gasteiger partial charge >= 0.3 is 0 Å². The molecule has 0 radical (unpaired) electrons. The molecule has 11 heteroatoms. The molecule has 208 valence electrons. The molecule has 2 aliphatic rings. The Morgan fingerprint density at radius 1 is 1.21 bits per heavy atom. The molecule has 2 fully saturated rings. The highest BCUT2D eigenvalue weighted by molar-refractivity contribution is 6.76. The maximum absolute atomic E-state index is 11.9. The number of aliphatic hydroxyl groups is 2. The molecule has 1 atom stereocenters. The van der Waals surface area contributed by atoms with Gasteiger partial charge in [0.1, 0.15) is 12.5 Å². The number of anilines is 1. The zero-order valence-corrected chi connectivity index (χ0v) is 24.1. The Labute approximate surface area is 225 Å². The monoisotopic (exact) mass is 542 g/mol. The fourth-order valence-corrected chi connectivity index (χ4v) is 6.25. The van der Waals surface area contributed by atoms with Crippen molar-refractivity contribution in [3.63, 3.8) is 0 Å². The van der Waals surface area contributed by atoms with E-state index in [0.29, 0.717) is 45.0 Å². The van der Waals surface area contributed by atoms with Crippen LogP contribution in [0.1, 0.15) is 38.2 Å². The lowest BCUT2D eigenvalue weighted by molar-refractivity contribution is -0.0199. The van der Waals surface area contributed by atoms with Gasteiger partial charge in [-0.15, -0.1) is 0 Å². The topological polar surface area (TPSA) is 111 Å². The maximum atomic E-state index is 11.9. The molecule has 2 N–H and O–H groups in total. The summed E-state index contributed by atoms with van der Waals surface area (Å²) in [7, 11) is -1.18. The summed E-state index contributed by atoms with van der Waals surface area (Å²) < 4.78 is 15.3. The van der Waals surface area contributed by atoms with Crippen molar-refractivity contribution < 1.29 is 19.7 Å². The first-order valence-corrected chi connectivity index (χ1v) is 17.6. The van der Waals surface area contributed by atoms with Crippen molar-refractivity contribution in [3.05, 3.63) is 30.1 Å². The number of rotatable bonds is 9. The van der Waals surface area contributed by atoms with E-state index in [0.717, 1.165) is 48.0 Å². The average Bonchev–Trinajstić information content (AvgIpc) is 3.53. The number of fused-ring (bicyclic) bond motifs is 1. The summed E-state index contributed by atoms with van der Waals surface area (Å²) in [6.45, 7) is 12.4. The number of ether oxygens (including phenoxy) is 2. The standard InChI is InChI=1S/C27H42N6O4Si/c1-20-18-36-12-11-31(20)24-15-23(27(35)8-5-21(17-34)6-9-27)22-16-29-33(26(22)30-24)25-7-10-28-32(25)19-37-13-14-38(2,3)4/h7,10,15-16,20-21,34-35H,5-6,8-9,11-14,17-19H2,1-4H3/t20-,21?,27?/m1/s1. The minimum atomic E-state index is -1.18. The minimum Gasteiger partial charge on any atom is -0.396 e. The van der Waals surface area contributed by atoms with Crippen LogP contribution in [0.15, 0.2) is 24.5 Å². The van der Waals surface area contributed by atoms with Crippen molar-refractivity contribution in [2.24, 2.45) is 5.92 Å². The van der Waals surface area contributed by atoms with Crippen LogP contribution >= 0.6 is 0 Å².